The maximum atomic E-state index is 12.3. The van der Waals surface area contributed by atoms with Crippen LogP contribution in [0.15, 0.2) is 0 Å². The summed E-state index contributed by atoms with van der Waals surface area (Å²) in [4.78, 5) is 14.4. The first-order valence-corrected chi connectivity index (χ1v) is 7.25. The van der Waals surface area contributed by atoms with Gasteiger partial charge in [0.1, 0.15) is 0 Å². The van der Waals surface area contributed by atoms with Crippen LogP contribution in [0, 0.1) is 5.92 Å². The molecular formula is C14H26N2O. The van der Waals surface area contributed by atoms with E-state index < -0.39 is 0 Å². The lowest BCUT2D eigenvalue weighted by molar-refractivity contribution is -0.133. The lowest BCUT2D eigenvalue weighted by Gasteiger charge is -2.30. The number of likely N-dealkylation sites (tertiary alicyclic amines) is 1. The van der Waals surface area contributed by atoms with Gasteiger partial charge in [-0.1, -0.05) is 20.3 Å². The average Bonchev–Trinajstić information content (AvgIpc) is 2.98. The Morgan fingerprint density at radius 1 is 1.41 bits per heavy atom. The highest BCUT2D eigenvalue weighted by Gasteiger charge is 2.35. The molecule has 3 heteroatoms. The van der Waals surface area contributed by atoms with Gasteiger partial charge in [0.15, 0.2) is 0 Å². The molecule has 2 aliphatic rings. The van der Waals surface area contributed by atoms with Crippen molar-refractivity contribution in [3.63, 3.8) is 0 Å². The summed E-state index contributed by atoms with van der Waals surface area (Å²) in [6, 6.07) is 1.05. The number of nitrogens with one attached hydrogen (secondary N) is 1. The number of hydrogen-bond acceptors (Lipinski definition) is 2. The molecule has 0 aromatic heterocycles. The maximum Gasteiger partial charge on any atom is 0.223 e. The van der Waals surface area contributed by atoms with Crippen LogP contribution < -0.4 is 5.32 Å². The Morgan fingerprint density at radius 2 is 2.24 bits per heavy atom. The van der Waals surface area contributed by atoms with E-state index in [9.17, 15) is 4.79 Å². The first-order valence-electron chi connectivity index (χ1n) is 7.25. The van der Waals surface area contributed by atoms with Gasteiger partial charge in [0.05, 0.1) is 0 Å². The molecule has 2 heterocycles. The van der Waals surface area contributed by atoms with E-state index in [0.717, 1.165) is 25.9 Å². The minimum absolute atomic E-state index is 0.385. The topological polar surface area (TPSA) is 32.3 Å². The molecule has 2 saturated heterocycles. The van der Waals surface area contributed by atoms with Gasteiger partial charge in [-0.05, 0) is 38.1 Å². The smallest absolute Gasteiger partial charge is 0.223 e. The van der Waals surface area contributed by atoms with Crippen LogP contribution in [0.25, 0.3) is 0 Å². The summed E-state index contributed by atoms with van der Waals surface area (Å²) < 4.78 is 0. The van der Waals surface area contributed by atoms with Crippen molar-refractivity contribution in [2.45, 2.75) is 64.5 Å². The highest BCUT2D eigenvalue weighted by Crippen LogP contribution is 2.26. The molecule has 2 fully saturated rings. The Morgan fingerprint density at radius 3 is 2.88 bits per heavy atom. The second kappa shape index (κ2) is 5.85. The molecule has 3 unspecified atom stereocenters. The van der Waals surface area contributed by atoms with Crippen molar-refractivity contribution in [3.8, 4) is 0 Å². The summed E-state index contributed by atoms with van der Waals surface area (Å²) >= 11 is 0. The summed E-state index contributed by atoms with van der Waals surface area (Å²) in [5.74, 6) is 0.913. The van der Waals surface area contributed by atoms with Gasteiger partial charge in [0.25, 0.3) is 0 Å². The van der Waals surface area contributed by atoms with Crippen molar-refractivity contribution in [2.75, 3.05) is 13.1 Å². The van der Waals surface area contributed by atoms with Crippen LogP contribution in [0.1, 0.15) is 52.4 Å². The molecule has 0 aromatic carbocycles. The summed E-state index contributed by atoms with van der Waals surface area (Å²) in [6.07, 6.45) is 6.75. The third kappa shape index (κ3) is 3.01. The predicted octanol–water partition coefficient (Wildman–Crippen LogP) is 2.17. The van der Waals surface area contributed by atoms with Crippen LogP contribution >= 0.6 is 0 Å². The second-order valence-corrected chi connectivity index (χ2v) is 5.72. The zero-order valence-electron chi connectivity index (χ0n) is 11.2. The third-order valence-electron chi connectivity index (χ3n) is 4.40. The molecule has 0 spiro atoms. The van der Waals surface area contributed by atoms with Gasteiger partial charge in [-0.25, -0.2) is 0 Å². The molecular weight excluding hydrogens is 212 g/mol. The number of rotatable bonds is 4. The quantitative estimate of drug-likeness (QED) is 0.814. The van der Waals surface area contributed by atoms with Crippen molar-refractivity contribution in [1.29, 1.82) is 0 Å². The largest absolute Gasteiger partial charge is 0.338 e. The van der Waals surface area contributed by atoms with Gasteiger partial charge in [-0.2, -0.15) is 0 Å². The first kappa shape index (κ1) is 12.9. The summed E-state index contributed by atoms with van der Waals surface area (Å²) in [6.45, 7) is 6.46. The summed E-state index contributed by atoms with van der Waals surface area (Å²) in [5.41, 5.74) is 0. The van der Waals surface area contributed by atoms with Crippen LogP contribution in [0.5, 0.6) is 0 Å². The maximum absolute atomic E-state index is 12.3. The van der Waals surface area contributed by atoms with Gasteiger partial charge in [-0.3, -0.25) is 4.79 Å². The number of carbonyl (C=O) groups is 1. The summed E-state index contributed by atoms with van der Waals surface area (Å²) in [5, 5.41) is 3.56. The SMILES string of the molecule is CCC(C)CC(=O)N1CCCC1C1CCCN1. The van der Waals surface area contributed by atoms with Crippen LogP contribution in [0.2, 0.25) is 0 Å². The Kier molecular flexibility index (Phi) is 4.43. The van der Waals surface area contributed by atoms with Crippen LogP contribution in [0.4, 0.5) is 0 Å². The zero-order chi connectivity index (χ0) is 12.3. The molecule has 0 aromatic rings. The van der Waals surface area contributed by atoms with Gasteiger partial charge >= 0.3 is 0 Å². The molecule has 0 bridgehead atoms. The molecule has 0 saturated carbocycles. The highest BCUT2D eigenvalue weighted by atomic mass is 16.2. The molecule has 98 valence electrons. The third-order valence-corrected chi connectivity index (χ3v) is 4.40. The van der Waals surface area contributed by atoms with E-state index in [1.54, 1.807) is 0 Å². The zero-order valence-corrected chi connectivity index (χ0v) is 11.2. The molecule has 2 aliphatic heterocycles. The van der Waals surface area contributed by atoms with E-state index >= 15 is 0 Å². The normalized spacial score (nSPS) is 30.8. The lowest BCUT2D eigenvalue weighted by Crippen LogP contribution is -2.46. The molecule has 17 heavy (non-hydrogen) atoms. The van der Waals surface area contributed by atoms with E-state index in [-0.39, 0.29) is 0 Å². The molecule has 0 aliphatic carbocycles. The van der Waals surface area contributed by atoms with Crippen LogP contribution in [-0.2, 0) is 4.79 Å². The van der Waals surface area contributed by atoms with Crippen molar-refractivity contribution in [2.24, 2.45) is 5.92 Å². The fourth-order valence-electron chi connectivity index (χ4n) is 3.12. The minimum Gasteiger partial charge on any atom is -0.338 e. The van der Waals surface area contributed by atoms with Crippen LogP contribution in [-0.4, -0.2) is 36.0 Å². The summed E-state index contributed by atoms with van der Waals surface area (Å²) in [7, 11) is 0. The van der Waals surface area contributed by atoms with E-state index in [1.807, 2.05) is 0 Å². The minimum atomic E-state index is 0.385. The van der Waals surface area contributed by atoms with Crippen molar-refractivity contribution < 1.29 is 4.79 Å². The van der Waals surface area contributed by atoms with Crippen molar-refractivity contribution in [3.05, 3.63) is 0 Å². The van der Waals surface area contributed by atoms with E-state index in [2.05, 4.69) is 24.1 Å². The Balaban J connectivity index is 1.91. The van der Waals surface area contributed by atoms with Gasteiger partial charge in [0.2, 0.25) is 5.91 Å². The fraction of sp³-hybridized carbons (Fsp3) is 0.929. The molecule has 0 radical (unpaired) electrons. The van der Waals surface area contributed by atoms with E-state index in [4.69, 9.17) is 0 Å². The average molecular weight is 238 g/mol. The number of amides is 1. The van der Waals surface area contributed by atoms with Crippen molar-refractivity contribution >= 4 is 5.91 Å². The lowest BCUT2D eigenvalue weighted by atomic mass is 10.0. The standard InChI is InChI=1S/C14H26N2O/c1-3-11(2)10-14(17)16-9-5-7-13(16)12-6-4-8-15-12/h11-13,15H,3-10H2,1-2H3. The Labute approximate surface area is 105 Å². The van der Waals surface area contributed by atoms with E-state index in [0.29, 0.717) is 23.9 Å². The first-order chi connectivity index (χ1) is 8.22. The van der Waals surface area contributed by atoms with E-state index in [1.165, 1.54) is 25.7 Å². The van der Waals surface area contributed by atoms with Gasteiger partial charge < -0.3 is 10.2 Å². The highest BCUT2D eigenvalue weighted by molar-refractivity contribution is 5.77. The molecule has 1 N–H and O–H groups in total. The Bertz CT molecular complexity index is 261. The molecule has 1 amide bonds. The van der Waals surface area contributed by atoms with Crippen LogP contribution in [0.3, 0.4) is 0 Å². The monoisotopic (exact) mass is 238 g/mol. The molecule has 2 rings (SSSR count). The predicted molar refractivity (Wildman–Crippen MR) is 69.8 cm³/mol. The number of carbonyl (C=O) groups excluding carboxylic acids is 1. The molecule has 3 nitrogen and oxygen atoms in total. The van der Waals surface area contributed by atoms with Gasteiger partial charge in [0, 0.05) is 25.0 Å². The number of hydrogen-bond donors (Lipinski definition) is 1. The second-order valence-electron chi connectivity index (χ2n) is 5.72. The number of nitrogens with zero attached hydrogens (tertiary/aromatic N) is 1. The molecule has 3 atom stereocenters. The van der Waals surface area contributed by atoms with Crippen molar-refractivity contribution in [1.82, 2.24) is 10.2 Å². The van der Waals surface area contributed by atoms with Gasteiger partial charge in [-0.15, -0.1) is 0 Å². The Hall–Kier alpha value is -0.570. The fourth-order valence-corrected chi connectivity index (χ4v) is 3.12.